The molecule has 7 heteroatoms. The van der Waals surface area contributed by atoms with Gasteiger partial charge in [-0.25, -0.2) is 0 Å². The lowest BCUT2D eigenvalue weighted by atomic mass is 9.43. The number of ketones is 1. The van der Waals surface area contributed by atoms with Gasteiger partial charge < -0.3 is 14.2 Å². The predicted molar refractivity (Wildman–Crippen MR) is 123 cm³/mol. The molecule has 4 aliphatic carbocycles. The maximum absolute atomic E-state index is 12.8. The average molecular weight is 477 g/mol. The second-order valence-electron chi connectivity index (χ2n) is 11.8. The van der Waals surface area contributed by atoms with Crippen molar-refractivity contribution in [3.8, 4) is 0 Å². The molecule has 0 aromatic carbocycles. The number of Topliss-reactive ketones (excluding diaryl/α,β-unsaturated/α-hetero) is 1. The van der Waals surface area contributed by atoms with Gasteiger partial charge in [-0.3, -0.25) is 19.2 Å². The zero-order valence-corrected chi connectivity index (χ0v) is 21.4. The van der Waals surface area contributed by atoms with E-state index in [1.807, 2.05) is 0 Å². The van der Waals surface area contributed by atoms with Gasteiger partial charge in [-0.05, 0) is 75.0 Å². The van der Waals surface area contributed by atoms with E-state index in [9.17, 15) is 19.2 Å². The lowest BCUT2D eigenvalue weighted by molar-refractivity contribution is -0.205. The molecule has 4 fully saturated rings. The van der Waals surface area contributed by atoms with Gasteiger partial charge in [-0.1, -0.05) is 13.8 Å². The van der Waals surface area contributed by atoms with E-state index >= 15 is 0 Å². The van der Waals surface area contributed by atoms with Crippen molar-refractivity contribution in [2.45, 2.75) is 105 Å². The van der Waals surface area contributed by atoms with Crippen molar-refractivity contribution in [3.63, 3.8) is 0 Å². The molecule has 0 radical (unpaired) electrons. The van der Waals surface area contributed by atoms with Crippen LogP contribution in [-0.4, -0.2) is 42.0 Å². The lowest BCUT2D eigenvalue weighted by Crippen LogP contribution is -2.61. The quantitative estimate of drug-likeness (QED) is 0.442. The minimum atomic E-state index is -0.559. The first-order valence-electron chi connectivity index (χ1n) is 12.9. The Morgan fingerprint density at radius 2 is 1.41 bits per heavy atom. The standard InChI is InChI=1S/C27H40O7/c1-14(28)21-12-23(33-16(3)30)25-20-8-7-18-11-19(32-15(2)29)9-10-26(18,5)22(20)13-24(27(21,25)6)34-17(4)31/h18-25H,7-13H2,1-6H3/t18-,19-,20+,21+,22-,23-,24-,25+,26-,27-/m0/s1. The van der Waals surface area contributed by atoms with E-state index in [0.29, 0.717) is 12.3 Å². The summed E-state index contributed by atoms with van der Waals surface area (Å²) in [7, 11) is 0. The van der Waals surface area contributed by atoms with E-state index in [1.165, 1.54) is 20.8 Å². The topological polar surface area (TPSA) is 96.0 Å². The summed E-state index contributed by atoms with van der Waals surface area (Å²) in [5.74, 6) is -0.160. The van der Waals surface area contributed by atoms with Crippen LogP contribution in [0.2, 0.25) is 0 Å². The van der Waals surface area contributed by atoms with Gasteiger partial charge in [0.2, 0.25) is 0 Å². The molecule has 0 amide bonds. The molecule has 4 aliphatic rings. The van der Waals surface area contributed by atoms with Crippen molar-refractivity contribution in [2.24, 2.45) is 40.4 Å². The van der Waals surface area contributed by atoms with Crippen LogP contribution in [0.15, 0.2) is 0 Å². The summed E-state index contributed by atoms with van der Waals surface area (Å²) < 4.78 is 17.4. The van der Waals surface area contributed by atoms with E-state index in [0.717, 1.165) is 38.5 Å². The van der Waals surface area contributed by atoms with Crippen LogP contribution >= 0.6 is 0 Å². The van der Waals surface area contributed by atoms with Crippen molar-refractivity contribution in [1.29, 1.82) is 0 Å². The molecular formula is C27H40O7. The molecule has 7 nitrogen and oxygen atoms in total. The largest absolute Gasteiger partial charge is 0.463 e. The van der Waals surface area contributed by atoms with Gasteiger partial charge >= 0.3 is 17.9 Å². The van der Waals surface area contributed by atoms with E-state index < -0.39 is 11.5 Å². The van der Waals surface area contributed by atoms with Crippen LogP contribution in [-0.2, 0) is 33.4 Å². The maximum Gasteiger partial charge on any atom is 0.302 e. The average Bonchev–Trinajstić information content (AvgIpc) is 3.01. The number of ether oxygens (including phenoxy) is 3. The molecule has 190 valence electrons. The van der Waals surface area contributed by atoms with Crippen LogP contribution in [0, 0.1) is 40.4 Å². The summed E-state index contributed by atoms with van der Waals surface area (Å²) >= 11 is 0. The Balaban J connectivity index is 1.72. The maximum atomic E-state index is 12.8. The number of rotatable bonds is 4. The third kappa shape index (κ3) is 4.07. The number of carbonyl (C=O) groups excluding carboxylic acids is 4. The Morgan fingerprint density at radius 3 is 2.00 bits per heavy atom. The smallest absolute Gasteiger partial charge is 0.302 e. The third-order valence-electron chi connectivity index (χ3n) is 10.1. The second-order valence-corrected chi connectivity index (χ2v) is 11.8. The number of esters is 3. The molecular weight excluding hydrogens is 436 g/mol. The summed E-state index contributed by atoms with van der Waals surface area (Å²) in [6.45, 7) is 10.4. The highest BCUT2D eigenvalue weighted by molar-refractivity contribution is 5.80. The molecule has 0 unspecified atom stereocenters. The normalized spacial score (nSPS) is 45.2. The van der Waals surface area contributed by atoms with Gasteiger partial charge in [-0.2, -0.15) is 0 Å². The molecule has 4 saturated carbocycles. The van der Waals surface area contributed by atoms with Crippen LogP contribution in [0.1, 0.15) is 86.5 Å². The Hall–Kier alpha value is -1.92. The van der Waals surface area contributed by atoms with Gasteiger partial charge in [0.15, 0.2) is 0 Å². The van der Waals surface area contributed by atoms with Gasteiger partial charge in [0.25, 0.3) is 0 Å². The van der Waals surface area contributed by atoms with Gasteiger partial charge in [0, 0.05) is 38.0 Å². The molecule has 0 aromatic heterocycles. The SMILES string of the molecule is CC(=O)O[C@H]1CC[C@@]2(C)[C@@H](CC[C@H]3[C@@H]4[C@@H](OC(C)=O)C[C@H](C(C)=O)[C@@]4(C)[C@@H](OC(C)=O)C[C@@H]32)C1. The van der Waals surface area contributed by atoms with Crippen LogP contribution in [0.25, 0.3) is 0 Å². The van der Waals surface area contributed by atoms with Crippen molar-refractivity contribution < 1.29 is 33.4 Å². The molecule has 4 rings (SSSR count). The Morgan fingerprint density at radius 1 is 0.765 bits per heavy atom. The fourth-order valence-electron chi connectivity index (χ4n) is 8.86. The Kier molecular flexibility index (Phi) is 6.62. The van der Waals surface area contributed by atoms with Crippen LogP contribution in [0.4, 0.5) is 0 Å². The first-order chi connectivity index (χ1) is 15.9. The molecule has 0 aliphatic heterocycles. The number of hydrogen-bond acceptors (Lipinski definition) is 7. The number of fused-ring (bicyclic) bond motifs is 5. The molecule has 34 heavy (non-hydrogen) atoms. The van der Waals surface area contributed by atoms with Crippen molar-refractivity contribution >= 4 is 23.7 Å². The summed E-state index contributed by atoms with van der Waals surface area (Å²) in [4.78, 5) is 48.6. The zero-order chi connectivity index (χ0) is 25.0. The summed E-state index contributed by atoms with van der Waals surface area (Å²) in [6.07, 6.45) is 5.08. The molecule has 10 atom stereocenters. The Labute approximate surface area is 202 Å². The van der Waals surface area contributed by atoms with Crippen LogP contribution < -0.4 is 0 Å². The van der Waals surface area contributed by atoms with Crippen molar-refractivity contribution in [1.82, 2.24) is 0 Å². The summed E-state index contributed by atoms with van der Waals surface area (Å²) in [5, 5.41) is 0. The summed E-state index contributed by atoms with van der Waals surface area (Å²) in [6, 6.07) is 0. The van der Waals surface area contributed by atoms with E-state index in [-0.39, 0.29) is 65.0 Å². The molecule has 0 heterocycles. The fourth-order valence-corrected chi connectivity index (χ4v) is 8.86. The number of carbonyl (C=O) groups is 4. The van der Waals surface area contributed by atoms with Crippen molar-refractivity contribution in [2.75, 3.05) is 0 Å². The zero-order valence-electron chi connectivity index (χ0n) is 21.4. The minimum Gasteiger partial charge on any atom is -0.463 e. The molecule has 0 N–H and O–H groups in total. The van der Waals surface area contributed by atoms with Gasteiger partial charge in [0.05, 0.1) is 0 Å². The highest BCUT2D eigenvalue weighted by Gasteiger charge is 2.68. The van der Waals surface area contributed by atoms with E-state index in [1.54, 1.807) is 6.92 Å². The van der Waals surface area contributed by atoms with Gasteiger partial charge in [-0.15, -0.1) is 0 Å². The first kappa shape index (κ1) is 25.2. The molecule has 0 spiro atoms. The van der Waals surface area contributed by atoms with Crippen molar-refractivity contribution in [3.05, 3.63) is 0 Å². The third-order valence-corrected chi connectivity index (χ3v) is 10.1. The monoisotopic (exact) mass is 476 g/mol. The highest BCUT2D eigenvalue weighted by Crippen LogP contribution is 2.68. The molecule has 0 saturated heterocycles. The Bertz CT molecular complexity index is 867. The minimum absolute atomic E-state index is 0.0222. The summed E-state index contributed by atoms with van der Waals surface area (Å²) in [5.41, 5.74) is -0.536. The first-order valence-corrected chi connectivity index (χ1v) is 12.9. The highest BCUT2D eigenvalue weighted by atomic mass is 16.6. The molecule has 0 aromatic rings. The second kappa shape index (κ2) is 8.94. The van der Waals surface area contributed by atoms with Gasteiger partial charge in [0.1, 0.15) is 24.1 Å². The fraction of sp³-hybridized carbons (Fsp3) is 0.852. The van der Waals surface area contributed by atoms with Crippen LogP contribution in [0.5, 0.6) is 0 Å². The lowest BCUT2D eigenvalue weighted by Gasteiger charge is -2.62. The molecule has 0 bridgehead atoms. The van der Waals surface area contributed by atoms with E-state index in [4.69, 9.17) is 14.2 Å². The van der Waals surface area contributed by atoms with E-state index in [2.05, 4.69) is 13.8 Å². The predicted octanol–water partition coefficient (Wildman–Crippen LogP) is 4.25. The number of hydrogen-bond donors (Lipinski definition) is 0. The van der Waals surface area contributed by atoms with Crippen LogP contribution in [0.3, 0.4) is 0 Å².